The number of nitrogens with zero attached hydrogens (tertiary/aromatic N) is 3. The normalized spacial score (nSPS) is 12.8. The third-order valence-electron chi connectivity index (χ3n) is 14.8. The van der Waals surface area contributed by atoms with Gasteiger partial charge in [0.15, 0.2) is 0 Å². The zero-order valence-electron chi connectivity index (χ0n) is 38.8. The number of rotatable bonds is 7. The predicted molar refractivity (Wildman–Crippen MR) is 300 cm³/mol. The van der Waals surface area contributed by atoms with Crippen LogP contribution in [0, 0.1) is 0 Å². The van der Waals surface area contributed by atoms with E-state index in [4.69, 9.17) is 4.98 Å². The zero-order valence-corrected chi connectivity index (χ0v) is 39.6. The number of pyridine rings is 1. The summed E-state index contributed by atoms with van der Waals surface area (Å²) in [4.78, 5) is 10.1. The summed E-state index contributed by atoms with van der Waals surface area (Å²) in [5.41, 5.74) is 13.6. The lowest BCUT2D eigenvalue weighted by Gasteiger charge is -2.28. The first kappa shape index (κ1) is 40.5. The number of anilines is 6. The van der Waals surface area contributed by atoms with Crippen molar-refractivity contribution < 1.29 is 0 Å². The standard InChI is InChI=1S/C66H45N3S/c1-66(2)60-39-52(68(48-26-23-42-13-3-6-16-45(42)35-48)51-31-34-64-59(38-51)55-20-11-12-22-63(55)70-64)29-32-57(60)65-56-21-10-9-19-54(56)58(40-61(65)66)62-33-30-53(41-67-62)69(49-27-24-43-14-4-7-17-46(43)36-49)50-28-25-44-15-5-8-18-47(44)37-50/h3-41H,1-2H3. The van der Waals surface area contributed by atoms with E-state index in [1.54, 1.807) is 0 Å². The van der Waals surface area contributed by atoms with Gasteiger partial charge in [-0.15, -0.1) is 11.3 Å². The molecule has 0 N–H and O–H groups in total. The Morgan fingerprint density at radius 1 is 0.343 bits per heavy atom. The van der Waals surface area contributed by atoms with E-state index in [-0.39, 0.29) is 5.41 Å². The van der Waals surface area contributed by atoms with Crippen molar-refractivity contribution in [3.05, 3.63) is 248 Å². The van der Waals surface area contributed by atoms with Crippen LogP contribution in [0.5, 0.6) is 0 Å². The van der Waals surface area contributed by atoms with Crippen LogP contribution in [0.15, 0.2) is 237 Å². The zero-order chi connectivity index (χ0) is 46.5. The Bertz CT molecular complexity index is 4160. The van der Waals surface area contributed by atoms with Gasteiger partial charge in [0.2, 0.25) is 0 Å². The third-order valence-corrected chi connectivity index (χ3v) is 15.9. The number of aromatic nitrogens is 1. The lowest BCUT2D eigenvalue weighted by Crippen LogP contribution is -2.17. The molecule has 0 unspecified atom stereocenters. The summed E-state index contributed by atoms with van der Waals surface area (Å²) in [6.07, 6.45) is 2.05. The molecule has 330 valence electrons. The van der Waals surface area contributed by atoms with Crippen molar-refractivity contribution in [2.75, 3.05) is 9.80 Å². The first-order valence-electron chi connectivity index (χ1n) is 24.1. The minimum atomic E-state index is -0.301. The van der Waals surface area contributed by atoms with E-state index in [1.807, 2.05) is 17.5 Å². The molecule has 0 amide bonds. The van der Waals surface area contributed by atoms with Crippen molar-refractivity contribution in [1.29, 1.82) is 0 Å². The Morgan fingerprint density at radius 2 is 0.814 bits per heavy atom. The minimum Gasteiger partial charge on any atom is -0.310 e. The summed E-state index contributed by atoms with van der Waals surface area (Å²) >= 11 is 1.86. The van der Waals surface area contributed by atoms with Gasteiger partial charge in [-0.3, -0.25) is 4.98 Å². The van der Waals surface area contributed by atoms with Crippen LogP contribution >= 0.6 is 11.3 Å². The SMILES string of the molecule is CC1(C)c2cc(N(c3ccc4ccccc4c3)c3ccc4sc5ccccc5c4c3)ccc2-c2c1cc(-c1ccc(N(c3ccc4ccccc4c3)c3ccc4ccccc4c3)cn1)c1ccccc21. The molecule has 2 heterocycles. The predicted octanol–water partition coefficient (Wildman–Crippen LogP) is 19.0. The average Bonchev–Trinajstić information content (AvgIpc) is 3.89. The second-order valence-corrected chi connectivity index (χ2v) is 20.3. The molecule has 13 aromatic rings. The molecule has 4 heteroatoms. The first-order chi connectivity index (χ1) is 34.4. The summed E-state index contributed by atoms with van der Waals surface area (Å²) in [7, 11) is 0. The van der Waals surface area contributed by atoms with E-state index in [1.165, 1.54) is 85.5 Å². The van der Waals surface area contributed by atoms with Gasteiger partial charge in [0.25, 0.3) is 0 Å². The highest BCUT2D eigenvalue weighted by atomic mass is 32.1. The molecule has 0 aliphatic heterocycles. The van der Waals surface area contributed by atoms with Gasteiger partial charge in [-0.25, -0.2) is 0 Å². The van der Waals surface area contributed by atoms with Crippen molar-refractivity contribution in [1.82, 2.24) is 4.98 Å². The Labute approximate surface area is 410 Å². The largest absolute Gasteiger partial charge is 0.310 e. The Kier molecular flexibility index (Phi) is 9.11. The maximum Gasteiger partial charge on any atom is 0.0709 e. The van der Waals surface area contributed by atoms with E-state index in [2.05, 4.69) is 254 Å². The fraction of sp³-hybridized carbons (Fsp3) is 0.0455. The fourth-order valence-electron chi connectivity index (χ4n) is 11.3. The second-order valence-electron chi connectivity index (χ2n) is 19.2. The Balaban J connectivity index is 0.888. The third kappa shape index (κ3) is 6.45. The molecule has 3 nitrogen and oxygen atoms in total. The van der Waals surface area contributed by atoms with Crippen LogP contribution in [-0.4, -0.2) is 4.98 Å². The number of fused-ring (bicyclic) bond motifs is 11. The van der Waals surface area contributed by atoms with E-state index in [0.29, 0.717) is 0 Å². The molecular weight excluding hydrogens is 867 g/mol. The summed E-state index contributed by atoms with van der Waals surface area (Å²) in [5, 5.41) is 12.3. The van der Waals surface area contributed by atoms with Gasteiger partial charge in [0.1, 0.15) is 0 Å². The number of hydrogen-bond acceptors (Lipinski definition) is 4. The van der Waals surface area contributed by atoms with Gasteiger partial charge >= 0.3 is 0 Å². The van der Waals surface area contributed by atoms with E-state index in [9.17, 15) is 0 Å². The highest BCUT2D eigenvalue weighted by molar-refractivity contribution is 7.25. The summed E-state index contributed by atoms with van der Waals surface area (Å²) in [6.45, 7) is 4.79. The van der Waals surface area contributed by atoms with Gasteiger partial charge in [0.05, 0.1) is 17.6 Å². The topological polar surface area (TPSA) is 19.4 Å². The number of hydrogen-bond donors (Lipinski definition) is 0. The van der Waals surface area contributed by atoms with Gasteiger partial charge in [-0.05, 0) is 156 Å². The van der Waals surface area contributed by atoms with Crippen molar-refractivity contribution in [2.24, 2.45) is 0 Å². The molecule has 0 atom stereocenters. The lowest BCUT2D eigenvalue weighted by molar-refractivity contribution is 0.661. The highest BCUT2D eigenvalue weighted by Gasteiger charge is 2.38. The van der Waals surface area contributed by atoms with Crippen LogP contribution < -0.4 is 9.80 Å². The monoisotopic (exact) mass is 911 g/mol. The summed E-state index contributed by atoms with van der Waals surface area (Å²) in [6, 6.07) is 84.7. The second kappa shape index (κ2) is 15.7. The molecule has 11 aromatic carbocycles. The quantitative estimate of drug-likeness (QED) is 0.159. The molecular formula is C66H45N3S. The first-order valence-corrected chi connectivity index (χ1v) is 24.9. The molecule has 1 aliphatic rings. The van der Waals surface area contributed by atoms with E-state index >= 15 is 0 Å². The van der Waals surface area contributed by atoms with Crippen LogP contribution in [0.2, 0.25) is 0 Å². The molecule has 2 aromatic heterocycles. The summed E-state index contributed by atoms with van der Waals surface area (Å²) < 4.78 is 2.61. The van der Waals surface area contributed by atoms with E-state index < -0.39 is 0 Å². The number of thiophene rings is 1. The van der Waals surface area contributed by atoms with Crippen LogP contribution in [0.25, 0.3) is 85.6 Å². The molecule has 0 bridgehead atoms. The highest BCUT2D eigenvalue weighted by Crippen LogP contribution is 2.55. The lowest BCUT2D eigenvalue weighted by atomic mass is 9.80. The van der Waals surface area contributed by atoms with Crippen LogP contribution in [-0.2, 0) is 5.41 Å². The molecule has 0 saturated heterocycles. The Hall–Kier alpha value is -8.57. The maximum atomic E-state index is 5.33. The van der Waals surface area contributed by atoms with E-state index in [0.717, 1.165) is 45.4 Å². The fourth-order valence-corrected chi connectivity index (χ4v) is 12.4. The maximum absolute atomic E-state index is 5.33. The van der Waals surface area contributed by atoms with Gasteiger partial charge < -0.3 is 9.80 Å². The minimum absolute atomic E-state index is 0.301. The Morgan fingerprint density at radius 3 is 1.43 bits per heavy atom. The molecule has 0 spiro atoms. The molecule has 70 heavy (non-hydrogen) atoms. The van der Waals surface area contributed by atoms with Crippen molar-refractivity contribution >= 4 is 109 Å². The smallest absolute Gasteiger partial charge is 0.0709 e. The van der Waals surface area contributed by atoms with Crippen molar-refractivity contribution in [3.8, 4) is 22.4 Å². The van der Waals surface area contributed by atoms with Crippen LogP contribution in [0.1, 0.15) is 25.0 Å². The van der Waals surface area contributed by atoms with Crippen LogP contribution in [0.3, 0.4) is 0 Å². The van der Waals surface area contributed by atoms with Crippen LogP contribution in [0.4, 0.5) is 34.1 Å². The van der Waals surface area contributed by atoms with Crippen molar-refractivity contribution in [3.63, 3.8) is 0 Å². The molecule has 1 aliphatic carbocycles. The van der Waals surface area contributed by atoms with Gasteiger partial charge in [-0.2, -0.15) is 0 Å². The summed E-state index contributed by atoms with van der Waals surface area (Å²) in [5.74, 6) is 0. The molecule has 0 fully saturated rings. The number of benzene rings is 11. The average molecular weight is 912 g/mol. The van der Waals surface area contributed by atoms with Crippen molar-refractivity contribution in [2.45, 2.75) is 19.3 Å². The van der Waals surface area contributed by atoms with Gasteiger partial charge in [0, 0.05) is 59.6 Å². The molecule has 14 rings (SSSR count). The molecule has 0 saturated carbocycles. The van der Waals surface area contributed by atoms with Gasteiger partial charge in [-0.1, -0.05) is 153 Å². The molecule has 0 radical (unpaired) electrons.